The highest BCUT2D eigenvalue weighted by Crippen LogP contribution is 2.27. The lowest BCUT2D eigenvalue weighted by Gasteiger charge is -2.45. The molecular formula is C14H28N2O. The monoisotopic (exact) mass is 240 g/mol. The van der Waals surface area contributed by atoms with Crippen LogP contribution in [0.3, 0.4) is 0 Å². The molecule has 1 unspecified atom stereocenters. The van der Waals surface area contributed by atoms with Crippen LogP contribution >= 0.6 is 0 Å². The Hall–Kier alpha value is -0.120. The number of hydrogen-bond donors (Lipinski definition) is 1. The molecule has 0 aliphatic carbocycles. The third-order valence-corrected chi connectivity index (χ3v) is 4.15. The van der Waals surface area contributed by atoms with Gasteiger partial charge in [-0.1, -0.05) is 13.8 Å². The van der Waals surface area contributed by atoms with E-state index < -0.39 is 0 Å². The van der Waals surface area contributed by atoms with Crippen LogP contribution in [0.5, 0.6) is 0 Å². The summed E-state index contributed by atoms with van der Waals surface area (Å²) in [5, 5.41) is 3.67. The molecule has 0 spiro atoms. The Morgan fingerprint density at radius 2 is 2.00 bits per heavy atom. The minimum Gasteiger partial charge on any atom is -0.380 e. The number of fused-ring (bicyclic) bond motifs is 3. The summed E-state index contributed by atoms with van der Waals surface area (Å²) in [5.74, 6) is 1.68. The normalized spacial score (nSPS) is 32.3. The first kappa shape index (κ1) is 13.3. The van der Waals surface area contributed by atoms with Crippen molar-refractivity contribution in [1.29, 1.82) is 0 Å². The topological polar surface area (TPSA) is 24.5 Å². The Balaban J connectivity index is 1.51. The van der Waals surface area contributed by atoms with E-state index in [1.807, 2.05) is 0 Å². The Kier molecular flexibility index (Phi) is 5.26. The average Bonchev–Trinajstić information content (AvgIpc) is 2.35. The lowest BCUT2D eigenvalue weighted by Crippen LogP contribution is -2.56. The lowest BCUT2D eigenvalue weighted by molar-refractivity contribution is 0.0638. The van der Waals surface area contributed by atoms with Gasteiger partial charge < -0.3 is 15.0 Å². The van der Waals surface area contributed by atoms with Gasteiger partial charge in [0.1, 0.15) is 0 Å². The van der Waals surface area contributed by atoms with Gasteiger partial charge in [-0.25, -0.2) is 0 Å². The van der Waals surface area contributed by atoms with Gasteiger partial charge >= 0.3 is 0 Å². The van der Waals surface area contributed by atoms with Crippen LogP contribution in [0.25, 0.3) is 0 Å². The maximum atomic E-state index is 5.64. The van der Waals surface area contributed by atoms with Crippen LogP contribution in [0.1, 0.15) is 33.1 Å². The lowest BCUT2D eigenvalue weighted by atomic mass is 9.84. The summed E-state index contributed by atoms with van der Waals surface area (Å²) < 4.78 is 5.64. The molecule has 0 aromatic heterocycles. The molecule has 3 fully saturated rings. The molecule has 3 nitrogen and oxygen atoms in total. The van der Waals surface area contributed by atoms with E-state index >= 15 is 0 Å². The fourth-order valence-electron chi connectivity index (χ4n) is 2.93. The summed E-state index contributed by atoms with van der Waals surface area (Å²) in [5.41, 5.74) is 0. The van der Waals surface area contributed by atoms with Crippen LogP contribution in [0.2, 0.25) is 0 Å². The largest absolute Gasteiger partial charge is 0.380 e. The molecule has 3 saturated heterocycles. The van der Waals surface area contributed by atoms with E-state index in [0.717, 1.165) is 37.6 Å². The third-order valence-electron chi connectivity index (χ3n) is 4.15. The van der Waals surface area contributed by atoms with E-state index in [0.29, 0.717) is 0 Å². The van der Waals surface area contributed by atoms with E-state index in [-0.39, 0.29) is 0 Å². The van der Waals surface area contributed by atoms with Crippen molar-refractivity contribution in [3.8, 4) is 0 Å². The van der Waals surface area contributed by atoms with E-state index in [9.17, 15) is 0 Å². The minimum absolute atomic E-state index is 0.728. The molecule has 3 rings (SSSR count). The van der Waals surface area contributed by atoms with Gasteiger partial charge in [-0.05, 0) is 44.2 Å². The second-order valence-corrected chi connectivity index (χ2v) is 5.99. The Labute approximate surface area is 106 Å². The van der Waals surface area contributed by atoms with Crippen molar-refractivity contribution in [3.05, 3.63) is 0 Å². The van der Waals surface area contributed by atoms with Crippen LogP contribution in [0.4, 0.5) is 0 Å². The molecule has 0 amide bonds. The first-order chi connectivity index (χ1) is 8.25. The van der Waals surface area contributed by atoms with Gasteiger partial charge in [-0.15, -0.1) is 0 Å². The SMILES string of the molecule is CC(C)CCOCCNC1CN2CCC1CC2. The summed E-state index contributed by atoms with van der Waals surface area (Å²) in [6, 6.07) is 0.728. The summed E-state index contributed by atoms with van der Waals surface area (Å²) in [4.78, 5) is 2.59. The molecule has 17 heavy (non-hydrogen) atoms. The number of ether oxygens (including phenoxy) is 1. The number of rotatable bonds is 7. The molecule has 0 aromatic rings. The molecule has 0 aromatic carbocycles. The van der Waals surface area contributed by atoms with Crippen LogP contribution in [0, 0.1) is 11.8 Å². The van der Waals surface area contributed by atoms with Crippen LogP contribution in [-0.2, 0) is 4.74 Å². The molecule has 3 heterocycles. The molecule has 0 saturated carbocycles. The van der Waals surface area contributed by atoms with Crippen molar-refractivity contribution in [1.82, 2.24) is 10.2 Å². The predicted molar refractivity (Wildman–Crippen MR) is 71.2 cm³/mol. The van der Waals surface area contributed by atoms with E-state index in [1.165, 1.54) is 38.9 Å². The maximum Gasteiger partial charge on any atom is 0.0591 e. The summed E-state index contributed by atoms with van der Waals surface area (Å²) in [6.45, 7) is 11.2. The van der Waals surface area contributed by atoms with E-state index in [2.05, 4.69) is 24.1 Å². The molecule has 1 atom stereocenters. The average molecular weight is 240 g/mol. The third kappa shape index (κ3) is 4.23. The van der Waals surface area contributed by atoms with Gasteiger partial charge in [-0.2, -0.15) is 0 Å². The number of nitrogens with zero attached hydrogens (tertiary/aromatic N) is 1. The van der Waals surface area contributed by atoms with Crippen molar-refractivity contribution in [2.45, 2.75) is 39.2 Å². The van der Waals surface area contributed by atoms with Gasteiger partial charge in [0, 0.05) is 25.7 Å². The zero-order valence-corrected chi connectivity index (χ0v) is 11.5. The molecule has 3 aliphatic rings. The fourth-order valence-corrected chi connectivity index (χ4v) is 2.93. The zero-order chi connectivity index (χ0) is 12.1. The molecule has 100 valence electrons. The van der Waals surface area contributed by atoms with Crippen LogP contribution in [-0.4, -0.2) is 50.3 Å². The Morgan fingerprint density at radius 1 is 1.24 bits per heavy atom. The van der Waals surface area contributed by atoms with Crippen molar-refractivity contribution in [3.63, 3.8) is 0 Å². The predicted octanol–water partition coefficient (Wildman–Crippen LogP) is 1.73. The van der Waals surface area contributed by atoms with Crippen LogP contribution < -0.4 is 5.32 Å². The smallest absolute Gasteiger partial charge is 0.0591 e. The molecule has 3 aliphatic heterocycles. The molecule has 3 heteroatoms. The van der Waals surface area contributed by atoms with Gasteiger partial charge in [0.25, 0.3) is 0 Å². The number of piperidine rings is 3. The molecule has 1 N–H and O–H groups in total. The van der Waals surface area contributed by atoms with Gasteiger partial charge in [0.15, 0.2) is 0 Å². The van der Waals surface area contributed by atoms with Crippen molar-refractivity contribution >= 4 is 0 Å². The number of nitrogens with one attached hydrogen (secondary N) is 1. The van der Waals surface area contributed by atoms with E-state index in [1.54, 1.807) is 0 Å². The highest BCUT2D eigenvalue weighted by atomic mass is 16.5. The first-order valence-corrected chi connectivity index (χ1v) is 7.29. The zero-order valence-electron chi connectivity index (χ0n) is 11.5. The van der Waals surface area contributed by atoms with Gasteiger partial charge in [0.05, 0.1) is 6.61 Å². The van der Waals surface area contributed by atoms with Crippen molar-refractivity contribution in [2.24, 2.45) is 11.8 Å². The highest BCUT2D eigenvalue weighted by Gasteiger charge is 2.33. The van der Waals surface area contributed by atoms with Gasteiger partial charge in [-0.3, -0.25) is 0 Å². The van der Waals surface area contributed by atoms with E-state index in [4.69, 9.17) is 4.74 Å². The fraction of sp³-hybridized carbons (Fsp3) is 1.00. The highest BCUT2D eigenvalue weighted by molar-refractivity contribution is 4.90. The standard InChI is InChI=1S/C14H28N2O/c1-12(2)5-9-17-10-6-15-14-11-16-7-3-13(14)4-8-16/h12-15H,3-11H2,1-2H3. The second-order valence-electron chi connectivity index (χ2n) is 5.99. The quantitative estimate of drug-likeness (QED) is 0.686. The second kappa shape index (κ2) is 6.72. The first-order valence-electron chi connectivity index (χ1n) is 7.29. The Morgan fingerprint density at radius 3 is 2.59 bits per heavy atom. The summed E-state index contributed by atoms with van der Waals surface area (Å²) in [7, 11) is 0. The van der Waals surface area contributed by atoms with Crippen molar-refractivity contribution < 1.29 is 4.74 Å². The molecular weight excluding hydrogens is 212 g/mol. The maximum absolute atomic E-state index is 5.64. The molecule has 0 radical (unpaired) electrons. The summed E-state index contributed by atoms with van der Waals surface area (Å²) >= 11 is 0. The van der Waals surface area contributed by atoms with Crippen LogP contribution in [0.15, 0.2) is 0 Å². The Bertz CT molecular complexity index is 212. The van der Waals surface area contributed by atoms with Gasteiger partial charge in [0.2, 0.25) is 0 Å². The molecule has 2 bridgehead atoms. The number of hydrogen-bond acceptors (Lipinski definition) is 3. The minimum atomic E-state index is 0.728. The van der Waals surface area contributed by atoms with Crippen molar-refractivity contribution in [2.75, 3.05) is 39.4 Å². The summed E-state index contributed by atoms with van der Waals surface area (Å²) in [6.07, 6.45) is 3.97.